The van der Waals surface area contributed by atoms with Gasteiger partial charge in [0.25, 0.3) is 6.43 Å². The molecule has 0 saturated carbocycles. The van der Waals surface area contributed by atoms with Crippen LogP contribution in [-0.4, -0.2) is 22.9 Å². The molecule has 0 unspecified atom stereocenters. The highest BCUT2D eigenvalue weighted by Gasteiger charge is 2.22. The van der Waals surface area contributed by atoms with Crippen molar-refractivity contribution < 1.29 is 18.3 Å². The van der Waals surface area contributed by atoms with E-state index in [0.29, 0.717) is 12.2 Å². The van der Waals surface area contributed by atoms with E-state index in [1.807, 2.05) is 6.92 Å². The number of alkyl halides is 2. The van der Waals surface area contributed by atoms with Gasteiger partial charge in [-0.1, -0.05) is 0 Å². The lowest BCUT2D eigenvalue weighted by atomic mass is 9.99. The van der Waals surface area contributed by atoms with E-state index in [2.05, 4.69) is 9.84 Å². The Bertz CT molecular complexity index is 668. The molecule has 21 heavy (non-hydrogen) atoms. The number of carbonyl (C=O) groups excluding carboxylic acids is 1. The average molecular weight is 295 g/mol. The number of nitrogen functional groups attached to an aromatic ring is 1. The number of hydrogen-bond acceptors (Lipinski definition) is 4. The molecule has 0 amide bonds. The number of ether oxygens (including phenoxy) is 1. The number of nitrogens with two attached hydrogens (primary N) is 1. The Hall–Kier alpha value is -2.44. The van der Waals surface area contributed by atoms with Crippen molar-refractivity contribution in [3.8, 4) is 11.3 Å². The Morgan fingerprint density at radius 3 is 2.76 bits per heavy atom. The Morgan fingerprint density at radius 2 is 2.19 bits per heavy atom. The molecule has 0 aliphatic heterocycles. The lowest BCUT2D eigenvalue weighted by Gasteiger charge is -2.14. The van der Waals surface area contributed by atoms with E-state index in [0.717, 1.165) is 6.07 Å². The summed E-state index contributed by atoms with van der Waals surface area (Å²) < 4.78 is 32.7. The molecule has 7 heteroatoms. The van der Waals surface area contributed by atoms with E-state index < -0.39 is 12.4 Å². The van der Waals surface area contributed by atoms with E-state index in [-0.39, 0.29) is 22.4 Å². The molecular weight excluding hydrogens is 280 g/mol. The van der Waals surface area contributed by atoms with Gasteiger partial charge < -0.3 is 10.5 Å². The third-order valence-electron chi connectivity index (χ3n) is 3.15. The maximum Gasteiger partial charge on any atom is 0.339 e. The number of esters is 1. The minimum atomic E-state index is -2.71. The van der Waals surface area contributed by atoms with Crippen LogP contribution in [0.5, 0.6) is 0 Å². The van der Waals surface area contributed by atoms with Gasteiger partial charge in [-0.05, 0) is 25.1 Å². The van der Waals surface area contributed by atoms with Gasteiger partial charge in [0, 0.05) is 29.6 Å². The highest BCUT2D eigenvalue weighted by molar-refractivity contribution is 5.97. The number of benzene rings is 1. The van der Waals surface area contributed by atoms with Crippen molar-refractivity contribution >= 4 is 11.7 Å². The van der Waals surface area contributed by atoms with E-state index in [9.17, 15) is 13.6 Å². The Labute approximate surface area is 120 Å². The molecule has 5 nitrogen and oxygen atoms in total. The molecule has 0 fully saturated rings. The molecule has 2 rings (SSSR count). The number of aryl methyl sites for hydroxylation is 1. The first-order chi connectivity index (χ1) is 9.99. The fraction of sp³-hybridized carbons (Fsp3) is 0.286. The summed E-state index contributed by atoms with van der Waals surface area (Å²) in [6, 6.07) is 4.05. The molecule has 0 saturated heterocycles. The van der Waals surface area contributed by atoms with Crippen LogP contribution in [0.1, 0.15) is 29.3 Å². The number of rotatable bonds is 4. The number of halogens is 2. The minimum absolute atomic E-state index is 0.0385. The van der Waals surface area contributed by atoms with Crippen LogP contribution in [0.4, 0.5) is 14.5 Å². The number of hydrogen-bond donors (Lipinski definition) is 1. The van der Waals surface area contributed by atoms with Crippen molar-refractivity contribution in [1.29, 1.82) is 0 Å². The molecule has 0 aliphatic carbocycles. The molecule has 2 N–H and O–H groups in total. The van der Waals surface area contributed by atoms with Crippen LogP contribution in [-0.2, 0) is 11.3 Å². The second-order valence-corrected chi connectivity index (χ2v) is 4.35. The quantitative estimate of drug-likeness (QED) is 0.695. The topological polar surface area (TPSA) is 70.1 Å². The second-order valence-electron chi connectivity index (χ2n) is 4.35. The average Bonchev–Trinajstić information content (AvgIpc) is 2.94. The van der Waals surface area contributed by atoms with E-state index in [1.54, 1.807) is 10.7 Å². The fourth-order valence-corrected chi connectivity index (χ4v) is 2.14. The van der Waals surface area contributed by atoms with Crippen LogP contribution in [0.15, 0.2) is 24.4 Å². The lowest BCUT2D eigenvalue weighted by molar-refractivity contribution is 0.0601. The molecule has 2 aromatic rings. The highest BCUT2D eigenvalue weighted by Crippen LogP contribution is 2.34. The van der Waals surface area contributed by atoms with Crippen molar-refractivity contribution in [1.82, 2.24) is 9.78 Å². The first-order valence-corrected chi connectivity index (χ1v) is 6.31. The van der Waals surface area contributed by atoms with Crippen molar-refractivity contribution in [2.75, 3.05) is 12.8 Å². The number of nitrogens with zero attached hydrogens (tertiary/aromatic N) is 2. The SMILES string of the molecule is CCn1nccc1-c1cc(C(=O)OC)c(N)cc1C(F)F. The lowest BCUT2D eigenvalue weighted by Crippen LogP contribution is -2.09. The van der Waals surface area contributed by atoms with Crippen LogP contribution in [0.3, 0.4) is 0 Å². The summed E-state index contributed by atoms with van der Waals surface area (Å²) in [5.74, 6) is -0.669. The molecule has 1 aromatic heterocycles. The fourth-order valence-electron chi connectivity index (χ4n) is 2.14. The molecule has 112 valence electrons. The summed E-state index contributed by atoms with van der Waals surface area (Å²) in [7, 11) is 1.21. The van der Waals surface area contributed by atoms with Gasteiger partial charge in [0.15, 0.2) is 0 Å². The van der Waals surface area contributed by atoms with E-state index >= 15 is 0 Å². The maximum atomic E-state index is 13.2. The van der Waals surface area contributed by atoms with Gasteiger partial charge in [-0.2, -0.15) is 5.10 Å². The van der Waals surface area contributed by atoms with Gasteiger partial charge in [-0.3, -0.25) is 4.68 Å². The maximum absolute atomic E-state index is 13.2. The number of anilines is 1. The predicted molar refractivity (Wildman–Crippen MR) is 74.0 cm³/mol. The summed E-state index contributed by atoms with van der Waals surface area (Å²) in [5, 5.41) is 4.05. The molecule has 0 atom stereocenters. The molecule has 0 bridgehead atoms. The zero-order valence-electron chi connectivity index (χ0n) is 11.6. The van der Waals surface area contributed by atoms with Gasteiger partial charge in [0.1, 0.15) is 0 Å². The molecule has 1 heterocycles. The van der Waals surface area contributed by atoms with Gasteiger partial charge in [-0.25, -0.2) is 13.6 Å². The zero-order valence-corrected chi connectivity index (χ0v) is 11.6. The van der Waals surface area contributed by atoms with E-state index in [1.165, 1.54) is 19.4 Å². The van der Waals surface area contributed by atoms with Crippen molar-refractivity contribution in [2.24, 2.45) is 0 Å². The summed E-state index contributed by atoms with van der Waals surface area (Å²) in [5.41, 5.74) is 6.17. The van der Waals surface area contributed by atoms with Gasteiger partial charge in [0.05, 0.1) is 18.4 Å². The first-order valence-electron chi connectivity index (χ1n) is 6.31. The molecule has 0 aliphatic rings. The summed E-state index contributed by atoms with van der Waals surface area (Å²) in [6.07, 6.45) is -1.20. The van der Waals surface area contributed by atoms with Gasteiger partial charge in [0.2, 0.25) is 0 Å². The first kappa shape index (κ1) is 15.0. The Balaban J connectivity index is 2.70. The minimum Gasteiger partial charge on any atom is -0.465 e. The van der Waals surface area contributed by atoms with Gasteiger partial charge in [-0.15, -0.1) is 0 Å². The largest absolute Gasteiger partial charge is 0.465 e. The normalized spacial score (nSPS) is 10.9. The van der Waals surface area contributed by atoms with Crippen LogP contribution >= 0.6 is 0 Å². The predicted octanol–water partition coefficient (Wildman–Crippen LogP) is 2.88. The van der Waals surface area contributed by atoms with Crippen LogP contribution < -0.4 is 5.73 Å². The second kappa shape index (κ2) is 5.90. The number of aromatic nitrogens is 2. The highest BCUT2D eigenvalue weighted by atomic mass is 19.3. The molecule has 0 spiro atoms. The monoisotopic (exact) mass is 295 g/mol. The molecule has 1 aromatic carbocycles. The van der Waals surface area contributed by atoms with Gasteiger partial charge >= 0.3 is 5.97 Å². The summed E-state index contributed by atoms with van der Waals surface area (Å²) >= 11 is 0. The van der Waals surface area contributed by atoms with Crippen molar-refractivity contribution in [3.05, 3.63) is 35.5 Å². The smallest absolute Gasteiger partial charge is 0.339 e. The number of carbonyl (C=O) groups is 1. The number of methoxy groups -OCH3 is 1. The van der Waals surface area contributed by atoms with E-state index in [4.69, 9.17) is 5.73 Å². The third-order valence-corrected chi connectivity index (χ3v) is 3.15. The standard InChI is InChI=1S/C14H15F2N3O2/c1-3-19-12(4-5-18-19)8-6-10(14(20)21-2)11(17)7-9(8)13(15)16/h4-7,13H,3,17H2,1-2H3. The van der Waals surface area contributed by atoms with Crippen LogP contribution in [0, 0.1) is 0 Å². The van der Waals surface area contributed by atoms with Crippen LogP contribution in [0.2, 0.25) is 0 Å². The Kier molecular flexibility index (Phi) is 4.21. The summed E-state index contributed by atoms with van der Waals surface area (Å²) in [4.78, 5) is 11.7. The third kappa shape index (κ3) is 2.72. The molecule has 0 radical (unpaired) electrons. The molecular formula is C14H15F2N3O2. The summed E-state index contributed by atoms with van der Waals surface area (Å²) in [6.45, 7) is 2.36. The van der Waals surface area contributed by atoms with Crippen molar-refractivity contribution in [2.45, 2.75) is 19.9 Å². The van der Waals surface area contributed by atoms with Crippen LogP contribution in [0.25, 0.3) is 11.3 Å². The Morgan fingerprint density at radius 1 is 1.48 bits per heavy atom. The zero-order chi connectivity index (χ0) is 15.6. The van der Waals surface area contributed by atoms with Crippen molar-refractivity contribution in [3.63, 3.8) is 0 Å².